The number of hydrogen-bond acceptors (Lipinski definition) is 4. The van der Waals surface area contributed by atoms with E-state index in [1.807, 2.05) is 5.92 Å². The van der Waals surface area contributed by atoms with Gasteiger partial charge in [-0.05, 0) is 0 Å². The minimum absolute atomic E-state index is 0.978. The molecule has 0 bridgehead atoms. The smallest absolute Gasteiger partial charge is 0.248 e. The summed E-state index contributed by atoms with van der Waals surface area (Å²) < 4.78 is 41.1. The minimum Gasteiger partial charge on any atom is -0.248 e. The average Bonchev–Trinajstić information content (AvgIpc) is 2.25. The second-order valence-corrected chi connectivity index (χ2v) is 3.08. The first-order chi connectivity index (χ1) is 5.09. The van der Waals surface area contributed by atoms with Gasteiger partial charge in [-0.3, -0.25) is 0 Å². The van der Waals surface area contributed by atoms with Crippen molar-refractivity contribution >= 4 is 10.4 Å². The molecule has 1 fully saturated rings. The molecule has 2 unspecified atom stereocenters. The van der Waals surface area contributed by atoms with Crippen LogP contribution in [-0.2, 0) is 18.8 Å². The van der Waals surface area contributed by atoms with E-state index in [0.29, 0.717) is 0 Å². The fraction of sp³-hybridized carbons (Fsp3) is 0.600. The third kappa shape index (κ3) is 1.68. The highest BCUT2D eigenvalue weighted by Gasteiger charge is 2.38. The molecule has 0 aromatic carbocycles. The predicted octanol–water partition coefficient (Wildman–Crippen LogP) is -0.382. The van der Waals surface area contributed by atoms with Gasteiger partial charge in [0.15, 0.2) is 6.10 Å². The monoisotopic (exact) mass is 180 g/mol. The fourth-order valence-electron chi connectivity index (χ4n) is 0.655. The standard InChI is InChI=1S/C5H5FO4S/c1-2-4-5(3-6)10-11(7,8)9-4/h1,4-5H,3H2. The van der Waals surface area contributed by atoms with Crippen LogP contribution in [0.1, 0.15) is 0 Å². The van der Waals surface area contributed by atoms with E-state index in [4.69, 9.17) is 6.42 Å². The lowest BCUT2D eigenvalue weighted by atomic mass is 10.2. The van der Waals surface area contributed by atoms with Gasteiger partial charge in [-0.15, -0.1) is 6.42 Å². The van der Waals surface area contributed by atoms with Crippen LogP contribution in [0.25, 0.3) is 0 Å². The maximum absolute atomic E-state index is 11.9. The van der Waals surface area contributed by atoms with E-state index in [-0.39, 0.29) is 0 Å². The highest BCUT2D eigenvalue weighted by Crippen LogP contribution is 2.19. The summed E-state index contributed by atoms with van der Waals surface area (Å²) in [7, 11) is -4.05. The summed E-state index contributed by atoms with van der Waals surface area (Å²) in [6, 6.07) is 0. The Morgan fingerprint density at radius 3 is 2.55 bits per heavy atom. The van der Waals surface area contributed by atoms with Gasteiger partial charge in [0, 0.05) is 0 Å². The Kier molecular flexibility index (Phi) is 2.13. The van der Waals surface area contributed by atoms with Gasteiger partial charge >= 0.3 is 10.4 Å². The summed E-state index contributed by atoms with van der Waals surface area (Å²) in [6.07, 6.45) is 2.51. The van der Waals surface area contributed by atoms with Crippen molar-refractivity contribution in [2.75, 3.05) is 6.67 Å². The molecule has 0 radical (unpaired) electrons. The van der Waals surface area contributed by atoms with Gasteiger partial charge in [0.05, 0.1) is 0 Å². The lowest BCUT2D eigenvalue weighted by Crippen LogP contribution is -2.22. The Labute approximate surface area is 63.6 Å². The van der Waals surface area contributed by atoms with Crippen molar-refractivity contribution in [3.05, 3.63) is 0 Å². The SMILES string of the molecule is C#CC1OS(=O)(=O)OC1CF. The molecule has 1 aliphatic rings. The molecule has 0 N–H and O–H groups in total. The predicted molar refractivity (Wildman–Crippen MR) is 33.5 cm³/mol. The van der Waals surface area contributed by atoms with Gasteiger partial charge in [-0.1, -0.05) is 5.92 Å². The number of terminal acetylenes is 1. The topological polar surface area (TPSA) is 52.6 Å². The van der Waals surface area contributed by atoms with E-state index in [9.17, 15) is 12.8 Å². The van der Waals surface area contributed by atoms with E-state index in [1.165, 1.54) is 0 Å². The lowest BCUT2D eigenvalue weighted by molar-refractivity contribution is 0.161. The molecule has 0 aromatic heterocycles. The number of hydrogen-bond donors (Lipinski definition) is 0. The van der Waals surface area contributed by atoms with Crippen LogP contribution < -0.4 is 0 Å². The van der Waals surface area contributed by atoms with Crippen molar-refractivity contribution in [2.45, 2.75) is 12.2 Å². The van der Waals surface area contributed by atoms with Crippen LogP contribution >= 0.6 is 0 Å². The van der Waals surface area contributed by atoms with E-state index in [2.05, 4.69) is 8.37 Å². The van der Waals surface area contributed by atoms with Crippen LogP contribution in [0.5, 0.6) is 0 Å². The van der Waals surface area contributed by atoms with Gasteiger partial charge in [0.1, 0.15) is 12.8 Å². The molecule has 62 valence electrons. The van der Waals surface area contributed by atoms with E-state index < -0.39 is 29.3 Å². The van der Waals surface area contributed by atoms with Crippen molar-refractivity contribution in [3.63, 3.8) is 0 Å². The molecular weight excluding hydrogens is 175 g/mol. The third-order valence-electron chi connectivity index (χ3n) is 1.12. The zero-order chi connectivity index (χ0) is 8.48. The Morgan fingerprint density at radius 2 is 2.18 bits per heavy atom. The Bertz CT molecular complexity index is 277. The largest absolute Gasteiger partial charge is 0.401 e. The van der Waals surface area contributed by atoms with Gasteiger partial charge in [0.2, 0.25) is 0 Å². The molecular formula is C5H5FO4S. The van der Waals surface area contributed by atoms with Crippen molar-refractivity contribution in [1.29, 1.82) is 0 Å². The summed E-state index contributed by atoms with van der Waals surface area (Å²) in [5, 5.41) is 0. The molecule has 1 aliphatic heterocycles. The van der Waals surface area contributed by atoms with Gasteiger partial charge in [-0.2, -0.15) is 8.42 Å². The van der Waals surface area contributed by atoms with E-state index in [0.717, 1.165) is 0 Å². The third-order valence-corrected chi connectivity index (χ3v) is 2.04. The van der Waals surface area contributed by atoms with Gasteiger partial charge in [0.25, 0.3) is 0 Å². The molecule has 4 nitrogen and oxygen atoms in total. The minimum atomic E-state index is -4.05. The van der Waals surface area contributed by atoms with Crippen molar-refractivity contribution < 1.29 is 21.2 Å². The molecule has 0 aromatic rings. The summed E-state index contributed by atoms with van der Waals surface area (Å²) in [5.74, 6) is 1.95. The molecule has 0 aliphatic carbocycles. The van der Waals surface area contributed by atoms with Crippen LogP contribution in [0.2, 0.25) is 0 Å². The van der Waals surface area contributed by atoms with Crippen LogP contribution in [0.4, 0.5) is 4.39 Å². The van der Waals surface area contributed by atoms with Crippen molar-refractivity contribution in [2.24, 2.45) is 0 Å². The van der Waals surface area contributed by atoms with Crippen molar-refractivity contribution in [3.8, 4) is 12.3 Å². The molecule has 11 heavy (non-hydrogen) atoms. The van der Waals surface area contributed by atoms with Crippen LogP contribution in [0, 0.1) is 12.3 Å². The molecule has 2 atom stereocenters. The van der Waals surface area contributed by atoms with Crippen LogP contribution in [-0.4, -0.2) is 27.3 Å². The number of halogens is 1. The Hall–Kier alpha value is -0.640. The molecule has 0 spiro atoms. The molecule has 0 saturated carbocycles. The van der Waals surface area contributed by atoms with Gasteiger partial charge < -0.3 is 0 Å². The fourth-order valence-corrected chi connectivity index (χ4v) is 1.59. The zero-order valence-corrected chi connectivity index (χ0v) is 6.17. The number of alkyl halides is 1. The summed E-state index contributed by atoms with van der Waals surface area (Å²) in [4.78, 5) is 0. The second kappa shape index (κ2) is 2.77. The van der Waals surface area contributed by atoms with Crippen LogP contribution in [0.15, 0.2) is 0 Å². The molecule has 1 saturated heterocycles. The summed E-state index contributed by atoms with van der Waals surface area (Å²) in [5.41, 5.74) is 0. The second-order valence-electron chi connectivity index (χ2n) is 1.88. The lowest BCUT2D eigenvalue weighted by Gasteiger charge is -2.01. The quantitative estimate of drug-likeness (QED) is 0.516. The zero-order valence-electron chi connectivity index (χ0n) is 5.36. The normalized spacial score (nSPS) is 34.9. The molecule has 6 heteroatoms. The maximum atomic E-state index is 11.9. The molecule has 0 amide bonds. The highest BCUT2D eigenvalue weighted by atomic mass is 32.3. The van der Waals surface area contributed by atoms with Crippen molar-refractivity contribution in [1.82, 2.24) is 0 Å². The molecule has 1 rings (SSSR count). The van der Waals surface area contributed by atoms with Crippen LogP contribution in [0.3, 0.4) is 0 Å². The number of rotatable bonds is 1. The highest BCUT2D eigenvalue weighted by molar-refractivity contribution is 7.82. The summed E-state index contributed by atoms with van der Waals surface area (Å²) in [6.45, 7) is -0.978. The first kappa shape index (κ1) is 8.46. The summed E-state index contributed by atoms with van der Waals surface area (Å²) >= 11 is 0. The Morgan fingerprint density at radius 1 is 1.55 bits per heavy atom. The maximum Gasteiger partial charge on any atom is 0.401 e. The molecule has 1 heterocycles. The first-order valence-corrected chi connectivity index (χ1v) is 4.06. The van der Waals surface area contributed by atoms with Gasteiger partial charge in [-0.25, -0.2) is 12.8 Å². The average molecular weight is 180 g/mol. The Balaban J connectivity index is 2.80. The first-order valence-electron chi connectivity index (χ1n) is 2.72. The van der Waals surface area contributed by atoms with E-state index in [1.54, 1.807) is 0 Å². The van der Waals surface area contributed by atoms with E-state index >= 15 is 0 Å².